The molecule has 0 unspecified atom stereocenters. The van der Waals surface area contributed by atoms with Crippen LogP contribution in [0.15, 0.2) is 47.5 Å². The molecule has 0 radical (unpaired) electrons. The van der Waals surface area contributed by atoms with E-state index in [9.17, 15) is 14.4 Å². The van der Waals surface area contributed by atoms with Gasteiger partial charge in [-0.2, -0.15) is 0 Å². The summed E-state index contributed by atoms with van der Waals surface area (Å²) in [4.78, 5) is 48.8. The monoisotopic (exact) mass is 541 g/mol. The van der Waals surface area contributed by atoms with Crippen LogP contribution in [0.1, 0.15) is 24.8 Å². The molecular formula is C27H29Cl2N5O3. The molecular weight excluding hydrogens is 513 g/mol. The molecule has 2 aromatic carbocycles. The number of hydrogen-bond donors (Lipinski definition) is 0. The maximum Gasteiger partial charge on any atom is 0.261 e. The van der Waals surface area contributed by atoms with Crippen LogP contribution in [0.25, 0.3) is 10.9 Å². The van der Waals surface area contributed by atoms with Gasteiger partial charge in [0.2, 0.25) is 11.8 Å². The molecule has 1 aromatic heterocycles. The van der Waals surface area contributed by atoms with Crippen molar-refractivity contribution in [2.24, 2.45) is 5.92 Å². The Kier molecular flexibility index (Phi) is 7.40. The number of hydrogen-bond acceptors (Lipinski definition) is 5. The molecule has 1 saturated carbocycles. The second kappa shape index (κ2) is 10.7. The molecule has 0 spiro atoms. The van der Waals surface area contributed by atoms with E-state index in [1.807, 2.05) is 29.2 Å². The Hall–Kier alpha value is -3.10. The first-order chi connectivity index (χ1) is 17.8. The van der Waals surface area contributed by atoms with Crippen molar-refractivity contribution in [2.45, 2.75) is 32.4 Å². The average Bonchev–Trinajstić information content (AvgIpc) is 2.86. The standard InChI is InChI=1S/C27H29Cl2N5O3/c1-31(15-18-5-7-22(28)23(29)13-18)25(35)16-34-17-30-24-8-6-20(14-21(24)27(34)37)32-9-11-33(12-10-32)26(36)19-3-2-4-19/h5-8,13-14,17,19H,2-4,9-12,15-16H2,1H3. The van der Waals surface area contributed by atoms with Gasteiger partial charge in [0.15, 0.2) is 0 Å². The molecule has 1 aliphatic carbocycles. The summed E-state index contributed by atoms with van der Waals surface area (Å²) >= 11 is 12.1. The fraction of sp³-hybridized carbons (Fsp3) is 0.407. The van der Waals surface area contributed by atoms with Crippen LogP contribution in [-0.4, -0.2) is 64.4 Å². The van der Waals surface area contributed by atoms with Gasteiger partial charge in [-0.1, -0.05) is 35.7 Å². The lowest BCUT2D eigenvalue weighted by atomic mass is 9.84. The zero-order valence-corrected chi connectivity index (χ0v) is 22.2. The SMILES string of the molecule is CN(Cc1ccc(Cl)c(Cl)c1)C(=O)Cn1cnc2ccc(N3CCN(C(=O)C4CCC4)CC3)cc2c1=O. The highest BCUT2D eigenvalue weighted by molar-refractivity contribution is 6.42. The van der Waals surface area contributed by atoms with Crippen LogP contribution in [-0.2, 0) is 22.7 Å². The summed E-state index contributed by atoms with van der Waals surface area (Å²) in [5.41, 5.74) is 2.08. The minimum Gasteiger partial charge on any atom is -0.368 e. The molecule has 37 heavy (non-hydrogen) atoms. The number of carbonyl (C=O) groups is 2. The summed E-state index contributed by atoms with van der Waals surface area (Å²) < 4.78 is 1.34. The van der Waals surface area contributed by atoms with E-state index >= 15 is 0 Å². The van der Waals surface area contributed by atoms with Crippen molar-refractivity contribution >= 4 is 51.6 Å². The Balaban J connectivity index is 1.27. The van der Waals surface area contributed by atoms with Crippen molar-refractivity contribution in [3.05, 3.63) is 68.7 Å². The molecule has 0 atom stereocenters. The highest BCUT2D eigenvalue weighted by Crippen LogP contribution is 2.29. The number of rotatable bonds is 6. The van der Waals surface area contributed by atoms with Gasteiger partial charge in [0, 0.05) is 51.4 Å². The van der Waals surface area contributed by atoms with Crippen molar-refractivity contribution in [1.82, 2.24) is 19.4 Å². The van der Waals surface area contributed by atoms with E-state index < -0.39 is 0 Å². The third kappa shape index (κ3) is 5.45. The maximum atomic E-state index is 13.3. The highest BCUT2D eigenvalue weighted by atomic mass is 35.5. The van der Waals surface area contributed by atoms with Crippen molar-refractivity contribution in [2.75, 3.05) is 38.1 Å². The number of anilines is 1. The van der Waals surface area contributed by atoms with Crippen LogP contribution < -0.4 is 10.5 Å². The Labute approximate surface area is 225 Å². The highest BCUT2D eigenvalue weighted by Gasteiger charge is 2.31. The molecule has 10 heteroatoms. The van der Waals surface area contributed by atoms with Crippen LogP contribution in [0.4, 0.5) is 5.69 Å². The van der Waals surface area contributed by atoms with Gasteiger partial charge >= 0.3 is 0 Å². The Morgan fingerprint density at radius 2 is 1.78 bits per heavy atom. The Morgan fingerprint density at radius 3 is 2.46 bits per heavy atom. The molecule has 3 aromatic rings. The first-order valence-electron chi connectivity index (χ1n) is 12.5. The first kappa shape index (κ1) is 25.5. The fourth-order valence-corrected chi connectivity index (χ4v) is 5.14. The number of piperazine rings is 1. The van der Waals surface area contributed by atoms with E-state index in [0.717, 1.165) is 43.6 Å². The van der Waals surface area contributed by atoms with Crippen LogP contribution in [0.5, 0.6) is 0 Å². The summed E-state index contributed by atoms with van der Waals surface area (Å²) in [5.74, 6) is 0.269. The van der Waals surface area contributed by atoms with Crippen LogP contribution >= 0.6 is 23.2 Å². The Bertz CT molecular complexity index is 1400. The number of fused-ring (bicyclic) bond motifs is 1. The van der Waals surface area contributed by atoms with Gasteiger partial charge in [-0.25, -0.2) is 4.98 Å². The number of aromatic nitrogens is 2. The smallest absolute Gasteiger partial charge is 0.261 e. The summed E-state index contributed by atoms with van der Waals surface area (Å²) in [7, 11) is 1.68. The number of carbonyl (C=O) groups excluding carboxylic acids is 2. The molecule has 2 aliphatic rings. The predicted molar refractivity (Wildman–Crippen MR) is 145 cm³/mol. The van der Waals surface area contributed by atoms with E-state index in [1.54, 1.807) is 19.2 Å². The molecule has 2 fully saturated rings. The molecule has 8 nitrogen and oxygen atoms in total. The minimum absolute atomic E-state index is 0.119. The minimum atomic E-state index is -0.262. The molecule has 2 heterocycles. The third-order valence-electron chi connectivity index (χ3n) is 7.35. The molecule has 2 amide bonds. The van der Waals surface area contributed by atoms with Crippen molar-refractivity contribution in [3.8, 4) is 0 Å². The van der Waals surface area contributed by atoms with Gasteiger partial charge in [0.25, 0.3) is 5.56 Å². The van der Waals surface area contributed by atoms with E-state index in [2.05, 4.69) is 9.88 Å². The fourth-order valence-electron chi connectivity index (χ4n) is 4.82. The van der Waals surface area contributed by atoms with Gasteiger partial charge in [-0.3, -0.25) is 19.0 Å². The van der Waals surface area contributed by atoms with E-state index in [4.69, 9.17) is 23.2 Å². The van der Waals surface area contributed by atoms with E-state index in [1.165, 1.54) is 15.8 Å². The van der Waals surface area contributed by atoms with Crippen LogP contribution in [0.2, 0.25) is 10.0 Å². The van der Waals surface area contributed by atoms with Gasteiger partial charge in [-0.15, -0.1) is 0 Å². The van der Waals surface area contributed by atoms with E-state index in [0.29, 0.717) is 40.6 Å². The largest absolute Gasteiger partial charge is 0.368 e. The lowest BCUT2D eigenvalue weighted by Gasteiger charge is -2.39. The topological polar surface area (TPSA) is 78.8 Å². The normalized spacial score (nSPS) is 16.1. The summed E-state index contributed by atoms with van der Waals surface area (Å²) in [6.07, 6.45) is 4.59. The second-order valence-corrected chi connectivity index (χ2v) is 10.6. The maximum absolute atomic E-state index is 13.3. The molecule has 0 bridgehead atoms. The Morgan fingerprint density at radius 1 is 1.03 bits per heavy atom. The van der Waals surface area contributed by atoms with E-state index in [-0.39, 0.29) is 29.8 Å². The summed E-state index contributed by atoms with van der Waals surface area (Å²) in [5, 5.41) is 1.35. The van der Waals surface area contributed by atoms with Gasteiger partial charge < -0.3 is 14.7 Å². The predicted octanol–water partition coefficient (Wildman–Crippen LogP) is 3.81. The van der Waals surface area contributed by atoms with Crippen molar-refractivity contribution < 1.29 is 9.59 Å². The van der Waals surface area contributed by atoms with Crippen molar-refractivity contribution in [1.29, 1.82) is 0 Å². The first-order valence-corrected chi connectivity index (χ1v) is 13.3. The second-order valence-electron chi connectivity index (χ2n) is 9.82. The lowest BCUT2D eigenvalue weighted by Crippen LogP contribution is -2.51. The summed E-state index contributed by atoms with van der Waals surface area (Å²) in [6.45, 7) is 3.03. The summed E-state index contributed by atoms with van der Waals surface area (Å²) in [6, 6.07) is 10.9. The van der Waals surface area contributed by atoms with Crippen LogP contribution in [0, 0.1) is 5.92 Å². The number of benzene rings is 2. The molecule has 5 rings (SSSR count). The molecule has 1 aliphatic heterocycles. The number of amides is 2. The van der Waals surface area contributed by atoms with Crippen LogP contribution in [0.3, 0.4) is 0 Å². The number of likely N-dealkylation sites (N-methyl/N-ethyl adjacent to an activating group) is 1. The number of nitrogens with zero attached hydrogens (tertiary/aromatic N) is 5. The quantitative estimate of drug-likeness (QED) is 0.474. The van der Waals surface area contributed by atoms with Gasteiger partial charge in [0.1, 0.15) is 6.54 Å². The lowest BCUT2D eigenvalue weighted by molar-refractivity contribution is -0.138. The molecule has 194 valence electrons. The average molecular weight is 542 g/mol. The zero-order valence-electron chi connectivity index (χ0n) is 20.7. The zero-order chi connectivity index (χ0) is 26.1. The molecule has 1 saturated heterocycles. The number of halogens is 2. The van der Waals surface area contributed by atoms with Gasteiger partial charge in [0.05, 0.1) is 27.3 Å². The van der Waals surface area contributed by atoms with Crippen molar-refractivity contribution in [3.63, 3.8) is 0 Å². The third-order valence-corrected chi connectivity index (χ3v) is 8.09. The molecule has 0 N–H and O–H groups in total. The van der Waals surface area contributed by atoms with Gasteiger partial charge in [-0.05, 0) is 48.7 Å².